The van der Waals surface area contributed by atoms with E-state index in [1.807, 2.05) is 0 Å². The number of carbonyl (C=O) groups excluding carboxylic acids is 1. The van der Waals surface area contributed by atoms with Gasteiger partial charge in [-0.05, 0) is 29.8 Å². The molecule has 4 nitrogen and oxygen atoms in total. The summed E-state index contributed by atoms with van der Waals surface area (Å²) in [4.78, 5) is 19.5. The van der Waals surface area contributed by atoms with E-state index in [-0.39, 0.29) is 17.7 Å². The summed E-state index contributed by atoms with van der Waals surface area (Å²) in [5.74, 6) is 0.330. The number of rotatable bonds is 3. The van der Waals surface area contributed by atoms with Crippen molar-refractivity contribution in [3.8, 4) is 0 Å². The van der Waals surface area contributed by atoms with Crippen LogP contribution in [0, 0.1) is 5.41 Å². The smallest absolute Gasteiger partial charge is 0.233 e. The maximum Gasteiger partial charge on any atom is 0.233 e. The first-order valence-electron chi connectivity index (χ1n) is 4.30. The Bertz CT molecular complexity index is 353. The van der Waals surface area contributed by atoms with Gasteiger partial charge in [0.15, 0.2) is 0 Å². The number of nitrogens with one attached hydrogen (secondary N) is 1. The minimum Gasteiger partial charge on any atom is -0.294 e. The lowest BCUT2D eigenvalue weighted by atomic mass is 9.95. The molecule has 0 saturated carbocycles. The monoisotopic (exact) mass is 291 g/mol. The molecule has 0 aromatic carbocycles. The molecule has 0 unspecified atom stereocenters. The van der Waals surface area contributed by atoms with Gasteiger partial charge in [-0.25, -0.2) is 9.97 Å². The van der Waals surface area contributed by atoms with Gasteiger partial charge < -0.3 is 0 Å². The first-order chi connectivity index (χ1) is 6.95. The molecule has 1 heterocycles. The molecule has 1 amide bonds. The van der Waals surface area contributed by atoms with E-state index >= 15 is 0 Å². The van der Waals surface area contributed by atoms with Crippen LogP contribution in [-0.4, -0.2) is 21.8 Å². The molecule has 0 fully saturated rings. The average molecular weight is 293 g/mol. The van der Waals surface area contributed by atoms with Crippen molar-refractivity contribution in [2.45, 2.75) is 13.8 Å². The number of carbonyl (C=O) groups is 1. The van der Waals surface area contributed by atoms with E-state index in [2.05, 4.69) is 31.2 Å². The third-order valence-corrected chi connectivity index (χ3v) is 2.87. The van der Waals surface area contributed by atoms with Gasteiger partial charge >= 0.3 is 0 Å². The van der Waals surface area contributed by atoms with Crippen molar-refractivity contribution in [1.29, 1.82) is 0 Å². The molecule has 82 valence electrons. The van der Waals surface area contributed by atoms with Gasteiger partial charge in [0.1, 0.15) is 0 Å². The fraction of sp³-hybridized carbons (Fsp3) is 0.444. The molecule has 1 N–H and O–H groups in total. The lowest BCUT2D eigenvalue weighted by Crippen LogP contribution is -2.32. The Morgan fingerprint density at radius 3 is 2.53 bits per heavy atom. The highest BCUT2D eigenvalue weighted by Crippen LogP contribution is 2.19. The Morgan fingerprint density at radius 2 is 2.07 bits per heavy atom. The van der Waals surface area contributed by atoms with E-state index in [9.17, 15) is 4.79 Å². The van der Waals surface area contributed by atoms with Crippen LogP contribution >= 0.6 is 27.5 Å². The van der Waals surface area contributed by atoms with Crippen LogP contribution in [0.4, 0.5) is 5.95 Å². The van der Waals surface area contributed by atoms with E-state index in [1.165, 1.54) is 0 Å². The lowest BCUT2D eigenvalue weighted by Gasteiger charge is -2.19. The number of hydrogen-bond donors (Lipinski definition) is 1. The molecule has 0 saturated heterocycles. The Kier molecular flexibility index (Phi) is 4.04. The summed E-state index contributed by atoms with van der Waals surface area (Å²) in [7, 11) is 0. The average Bonchev–Trinajstić information content (AvgIpc) is 2.21. The predicted octanol–water partition coefficient (Wildman–Crippen LogP) is 2.44. The van der Waals surface area contributed by atoms with E-state index in [4.69, 9.17) is 11.6 Å². The molecule has 0 bridgehead atoms. The van der Waals surface area contributed by atoms with Crippen molar-refractivity contribution in [2.24, 2.45) is 5.41 Å². The number of alkyl halides is 1. The fourth-order valence-corrected chi connectivity index (χ4v) is 1.03. The van der Waals surface area contributed by atoms with Crippen molar-refractivity contribution in [3.05, 3.63) is 16.9 Å². The van der Waals surface area contributed by atoms with Gasteiger partial charge in [-0.15, -0.1) is 11.6 Å². The van der Waals surface area contributed by atoms with E-state index < -0.39 is 5.41 Å². The predicted molar refractivity (Wildman–Crippen MR) is 62.9 cm³/mol. The van der Waals surface area contributed by atoms with Crippen LogP contribution in [0.25, 0.3) is 0 Å². The van der Waals surface area contributed by atoms with Crippen LogP contribution in [0.15, 0.2) is 16.9 Å². The second kappa shape index (κ2) is 4.90. The number of amides is 1. The zero-order valence-corrected chi connectivity index (χ0v) is 10.8. The molecule has 0 aliphatic carbocycles. The van der Waals surface area contributed by atoms with Gasteiger partial charge in [0.05, 0.1) is 9.89 Å². The SMILES string of the molecule is CC(C)(CCl)C(=O)Nc1ncc(Br)cn1. The second-order valence-corrected chi connectivity index (χ2v) is 4.88. The van der Waals surface area contributed by atoms with Crippen LogP contribution in [0.3, 0.4) is 0 Å². The molecular formula is C9H11BrClN3O. The summed E-state index contributed by atoms with van der Waals surface area (Å²) in [6, 6.07) is 0. The van der Waals surface area contributed by atoms with Gasteiger partial charge in [-0.2, -0.15) is 0 Å². The summed E-state index contributed by atoms with van der Waals surface area (Å²) in [5.41, 5.74) is -0.627. The molecule has 0 aliphatic heterocycles. The van der Waals surface area contributed by atoms with Crippen LogP contribution in [0.5, 0.6) is 0 Å². The minimum absolute atomic E-state index is 0.195. The first kappa shape index (κ1) is 12.4. The molecule has 0 atom stereocenters. The highest BCUT2D eigenvalue weighted by molar-refractivity contribution is 9.10. The van der Waals surface area contributed by atoms with Gasteiger partial charge in [0, 0.05) is 18.3 Å². The molecule has 1 rings (SSSR count). The molecule has 1 aromatic heterocycles. The van der Waals surface area contributed by atoms with E-state index in [0.717, 1.165) is 4.47 Å². The van der Waals surface area contributed by atoms with Crippen LogP contribution < -0.4 is 5.32 Å². The topological polar surface area (TPSA) is 54.9 Å². The quantitative estimate of drug-likeness (QED) is 0.871. The zero-order chi connectivity index (χ0) is 11.5. The van der Waals surface area contributed by atoms with Gasteiger partial charge in [-0.3, -0.25) is 10.1 Å². The highest BCUT2D eigenvalue weighted by atomic mass is 79.9. The number of nitrogens with zero attached hydrogens (tertiary/aromatic N) is 2. The van der Waals surface area contributed by atoms with Crippen LogP contribution in [0.2, 0.25) is 0 Å². The fourth-order valence-electron chi connectivity index (χ4n) is 0.708. The molecule has 15 heavy (non-hydrogen) atoms. The van der Waals surface area contributed by atoms with Crippen LogP contribution in [0.1, 0.15) is 13.8 Å². The lowest BCUT2D eigenvalue weighted by molar-refractivity contribution is -0.123. The summed E-state index contributed by atoms with van der Waals surface area (Å²) in [5, 5.41) is 2.59. The minimum atomic E-state index is -0.627. The number of anilines is 1. The number of halogens is 2. The van der Waals surface area contributed by atoms with E-state index in [0.29, 0.717) is 0 Å². The molecular weight excluding hydrogens is 281 g/mol. The Hall–Kier alpha value is -0.680. The molecule has 1 aromatic rings. The van der Waals surface area contributed by atoms with Gasteiger partial charge in [0.2, 0.25) is 11.9 Å². The molecule has 6 heteroatoms. The zero-order valence-electron chi connectivity index (χ0n) is 8.42. The third kappa shape index (κ3) is 3.43. The van der Waals surface area contributed by atoms with Crippen molar-refractivity contribution in [1.82, 2.24) is 9.97 Å². The maximum absolute atomic E-state index is 11.7. The first-order valence-corrected chi connectivity index (χ1v) is 5.63. The van der Waals surface area contributed by atoms with Crippen molar-refractivity contribution < 1.29 is 4.79 Å². The van der Waals surface area contributed by atoms with Crippen molar-refractivity contribution >= 4 is 39.4 Å². The maximum atomic E-state index is 11.7. The number of aromatic nitrogens is 2. The second-order valence-electron chi connectivity index (χ2n) is 3.70. The highest BCUT2D eigenvalue weighted by Gasteiger charge is 2.26. The Balaban J connectivity index is 2.71. The molecule has 0 spiro atoms. The summed E-state index contributed by atoms with van der Waals surface area (Å²) < 4.78 is 0.761. The number of hydrogen-bond acceptors (Lipinski definition) is 3. The summed E-state index contributed by atoms with van der Waals surface area (Å²) in [6.45, 7) is 3.52. The van der Waals surface area contributed by atoms with Crippen LogP contribution in [-0.2, 0) is 4.79 Å². The van der Waals surface area contributed by atoms with Gasteiger partial charge in [0.25, 0.3) is 0 Å². The molecule has 0 radical (unpaired) electrons. The van der Waals surface area contributed by atoms with Crippen molar-refractivity contribution in [3.63, 3.8) is 0 Å². The largest absolute Gasteiger partial charge is 0.294 e. The van der Waals surface area contributed by atoms with Crippen molar-refractivity contribution in [2.75, 3.05) is 11.2 Å². The Morgan fingerprint density at radius 1 is 1.53 bits per heavy atom. The molecule has 0 aliphatic rings. The van der Waals surface area contributed by atoms with Gasteiger partial charge in [-0.1, -0.05) is 0 Å². The summed E-state index contributed by atoms with van der Waals surface area (Å²) in [6.07, 6.45) is 3.13. The third-order valence-electron chi connectivity index (χ3n) is 1.79. The van der Waals surface area contributed by atoms with E-state index in [1.54, 1.807) is 26.2 Å². The Labute approximate surface area is 102 Å². The summed E-state index contributed by atoms with van der Waals surface area (Å²) >= 11 is 8.88. The standard InChI is InChI=1S/C9H11BrClN3O/c1-9(2,5-11)7(15)14-8-12-3-6(10)4-13-8/h3-4H,5H2,1-2H3,(H,12,13,14,15). The normalized spacial score (nSPS) is 11.2.